The lowest BCUT2D eigenvalue weighted by Crippen LogP contribution is -2.45. The van der Waals surface area contributed by atoms with E-state index in [1.165, 1.54) is 15.6 Å². The molecular weight excluding hydrogens is 318 g/mol. The van der Waals surface area contributed by atoms with E-state index in [9.17, 15) is 8.42 Å². The van der Waals surface area contributed by atoms with Crippen molar-refractivity contribution in [2.75, 3.05) is 25.0 Å². The van der Waals surface area contributed by atoms with E-state index in [0.717, 1.165) is 31.7 Å². The molecule has 3 heterocycles. The summed E-state index contributed by atoms with van der Waals surface area (Å²) in [5, 5.41) is 1.80. The number of anilines is 1. The summed E-state index contributed by atoms with van der Waals surface area (Å²) in [5.41, 5.74) is 0. The molecule has 0 spiro atoms. The number of hydrogen-bond donors (Lipinski definition) is 0. The number of aromatic nitrogens is 1. The first-order valence-corrected chi connectivity index (χ1v) is 9.58. The van der Waals surface area contributed by atoms with Gasteiger partial charge in [0.05, 0.1) is 0 Å². The summed E-state index contributed by atoms with van der Waals surface area (Å²) in [6.07, 6.45) is 3.42. The lowest BCUT2D eigenvalue weighted by molar-refractivity contribution is 0.312. The van der Waals surface area contributed by atoms with Gasteiger partial charge in [-0.25, -0.2) is 13.4 Å². The van der Waals surface area contributed by atoms with Crippen LogP contribution in [0.15, 0.2) is 46.1 Å². The number of nitrogens with zero attached hydrogens (tertiary/aromatic N) is 3. The van der Waals surface area contributed by atoms with Crippen LogP contribution in [0.4, 0.5) is 5.82 Å². The van der Waals surface area contributed by atoms with Crippen molar-refractivity contribution in [3.05, 3.63) is 41.9 Å². The molecule has 0 N–H and O–H groups in total. The second-order valence-electron chi connectivity index (χ2n) is 5.36. The van der Waals surface area contributed by atoms with Gasteiger partial charge in [0.15, 0.2) is 0 Å². The van der Waals surface area contributed by atoms with Crippen molar-refractivity contribution in [2.24, 2.45) is 0 Å². The van der Waals surface area contributed by atoms with Crippen molar-refractivity contribution in [3.63, 3.8) is 0 Å². The zero-order valence-corrected chi connectivity index (χ0v) is 14.1. The van der Waals surface area contributed by atoms with E-state index in [1.54, 1.807) is 30.8 Å². The second-order valence-corrected chi connectivity index (χ2v) is 8.53. The number of rotatable bonds is 4. The third kappa shape index (κ3) is 3.02. The van der Waals surface area contributed by atoms with Gasteiger partial charge >= 0.3 is 0 Å². The van der Waals surface area contributed by atoms with Gasteiger partial charge < -0.3 is 4.90 Å². The third-order valence-corrected chi connectivity index (χ3v) is 7.36. The predicted octanol–water partition coefficient (Wildman–Crippen LogP) is 2.43. The quantitative estimate of drug-likeness (QED) is 0.860. The summed E-state index contributed by atoms with van der Waals surface area (Å²) < 4.78 is 27.1. The summed E-state index contributed by atoms with van der Waals surface area (Å²) in [6, 6.07) is 9.35. The topological polar surface area (TPSA) is 53.5 Å². The highest BCUT2D eigenvalue weighted by Crippen LogP contribution is 2.26. The monoisotopic (exact) mass is 337 g/mol. The first kappa shape index (κ1) is 15.5. The Bertz CT molecular complexity index is 694. The lowest BCUT2D eigenvalue weighted by atomic mass is 10.1. The van der Waals surface area contributed by atoms with Gasteiger partial charge in [-0.15, -0.1) is 11.3 Å². The van der Waals surface area contributed by atoms with E-state index in [0.29, 0.717) is 4.21 Å². The molecule has 0 amide bonds. The molecular formula is C15H19N3O2S2. The molecule has 1 aliphatic heterocycles. The maximum absolute atomic E-state index is 12.6. The highest BCUT2D eigenvalue weighted by Gasteiger charge is 2.31. The van der Waals surface area contributed by atoms with Gasteiger partial charge in [0.2, 0.25) is 0 Å². The molecule has 0 aromatic carbocycles. The molecule has 0 radical (unpaired) electrons. The van der Waals surface area contributed by atoms with E-state index in [4.69, 9.17) is 0 Å². The van der Waals surface area contributed by atoms with E-state index >= 15 is 0 Å². The Labute approximate surface area is 135 Å². The number of hydrogen-bond acceptors (Lipinski definition) is 5. The second kappa shape index (κ2) is 6.36. The highest BCUT2D eigenvalue weighted by atomic mass is 32.2. The number of sulfonamides is 1. The minimum absolute atomic E-state index is 0.0482. The molecule has 0 saturated carbocycles. The van der Waals surface area contributed by atoms with Crippen LogP contribution in [0.2, 0.25) is 0 Å². The molecule has 7 heteroatoms. The molecule has 0 atom stereocenters. The van der Waals surface area contributed by atoms with Crippen molar-refractivity contribution in [1.29, 1.82) is 0 Å². The Morgan fingerprint density at radius 1 is 1.23 bits per heavy atom. The Morgan fingerprint density at radius 2 is 2.00 bits per heavy atom. The van der Waals surface area contributed by atoms with Crippen LogP contribution in [0.1, 0.15) is 12.8 Å². The molecule has 1 saturated heterocycles. The lowest BCUT2D eigenvalue weighted by Gasteiger charge is -2.36. The van der Waals surface area contributed by atoms with Gasteiger partial charge in [0.1, 0.15) is 10.0 Å². The van der Waals surface area contributed by atoms with E-state index in [1.807, 2.05) is 18.2 Å². The van der Waals surface area contributed by atoms with Gasteiger partial charge in [-0.2, -0.15) is 4.31 Å². The average molecular weight is 337 g/mol. The van der Waals surface area contributed by atoms with E-state index < -0.39 is 10.0 Å². The fraction of sp³-hybridized carbons (Fsp3) is 0.400. The molecule has 118 valence electrons. The Kier molecular flexibility index (Phi) is 4.46. The van der Waals surface area contributed by atoms with Gasteiger partial charge in [0, 0.05) is 32.4 Å². The fourth-order valence-corrected chi connectivity index (χ4v) is 5.34. The summed E-state index contributed by atoms with van der Waals surface area (Å²) in [6.45, 7) is 1.65. The van der Waals surface area contributed by atoms with Crippen molar-refractivity contribution >= 4 is 27.2 Å². The summed E-state index contributed by atoms with van der Waals surface area (Å²) in [7, 11) is -1.67. The Hall–Kier alpha value is -1.44. The first-order chi connectivity index (χ1) is 10.6. The van der Waals surface area contributed by atoms with Crippen LogP contribution in [-0.2, 0) is 10.0 Å². The molecule has 3 rings (SSSR count). The van der Waals surface area contributed by atoms with E-state index in [2.05, 4.69) is 9.88 Å². The van der Waals surface area contributed by atoms with Crippen LogP contribution in [-0.4, -0.2) is 43.9 Å². The van der Waals surface area contributed by atoms with Crippen LogP contribution >= 0.6 is 11.3 Å². The number of thiophene rings is 1. The van der Waals surface area contributed by atoms with Gasteiger partial charge in [-0.05, 0) is 36.4 Å². The highest BCUT2D eigenvalue weighted by molar-refractivity contribution is 7.91. The zero-order valence-electron chi connectivity index (χ0n) is 12.4. The van der Waals surface area contributed by atoms with Crippen LogP contribution in [0.3, 0.4) is 0 Å². The van der Waals surface area contributed by atoms with E-state index in [-0.39, 0.29) is 6.04 Å². The largest absolute Gasteiger partial charge is 0.357 e. The van der Waals surface area contributed by atoms with Crippen LogP contribution in [0.5, 0.6) is 0 Å². The molecule has 0 unspecified atom stereocenters. The summed E-state index contributed by atoms with van der Waals surface area (Å²) >= 11 is 1.27. The van der Waals surface area contributed by atoms with Crippen LogP contribution in [0, 0.1) is 0 Å². The molecule has 1 fully saturated rings. The van der Waals surface area contributed by atoms with Crippen LogP contribution < -0.4 is 4.90 Å². The number of pyridine rings is 1. The maximum atomic E-state index is 12.6. The standard InChI is InChI=1S/C15H19N3O2S2/c1-17(22(19,20)15-6-4-12-21-15)13-7-10-18(11-8-13)14-5-2-3-9-16-14/h2-6,9,12-13H,7-8,10-11H2,1H3. The average Bonchev–Trinajstić information content (AvgIpc) is 3.10. The smallest absolute Gasteiger partial charge is 0.252 e. The molecule has 1 aliphatic rings. The molecule has 0 aliphatic carbocycles. The summed E-state index contributed by atoms with van der Waals surface area (Å²) in [5.74, 6) is 0.963. The van der Waals surface area contributed by atoms with Crippen molar-refractivity contribution in [2.45, 2.75) is 23.1 Å². The molecule has 22 heavy (non-hydrogen) atoms. The molecule has 2 aromatic rings. The molecule has 0 bridgehead atoms. The normalized spacial score (nSPS) is 17.1. The van der Waals surface area contributed by atoms with Gasteiger partial charge in [-0.1, -0.05) is 12.1 Å². The van der Waals surface area contributed by atoms with Gasteiger partial charge in [-0.3, -0.25) is 0 Å². The maximum Gasteiger partial charge on any atom is 0.252 e. The zero-order chi connectivity index (χ0) is 15.6. The third-order valence-electron chi connectivity index (χ3n) is 4.08. The summed E-state index contributed by atoms with van der Waals surface area (Å²) in [4.78, 5) is 6.57. The first-order valence-electron chi connectivity index (χ1n) is 7.26. The molecule has 2 aromatic heterocycles. The Balaban J connectivity index is 1.66. The van der Waals surface area contributed by atoms with Crippen LogP contribution in [0.25, 0.3) is 0 Å². The fourth-order valence-electron chi connectivity index (χ4n) is 2.75. The minimum atomic E-state index is -3.36. The van der Waals surface area contributed by atoms with Crippen molar-refractivity contribution < 1.29 is 8.42 Å². The molecule has 5 nitrogen and oxygen atoms in total. The van der Waals surface area contributed by atoms with Gasteiger partial charge in [0.25, 0.3) is 10.0 Å². The number of piperidine rings is 1. The minimum Gasteiger partial charge on any atom is -0.357 e. The SMILES string of the molecule is CN(C1CCN(c2ccccn2)CC1)S(=O)(=O)c1cccs1. The van der Waals surface area contributed by atoms with Crippen molar-refractivity contribution in [3.8, 4) is 0 Å². The van der Waals surface area contributed by atoms with Crippen molar-refractivity contribution in [1.82, 2.24) is 9.29 Å². The predicted molar refractivity (Wildman–Crippen MR) is 88.7 cm³/mol. The Morgan fingerprint density at radius 3 is 2.59 bits per heavy atom.